The summed E-state index contributed by atoms with van der Waals surface area (Å²) in [4.78, 5) is 16.6. The van der Waals surface area contributed by atoms with Gasteiger partial charge in [-0.15, -0.1) is 0 Å². The number of rotatable bonds is 5. The zero-order valence-corrected chi connectivity index (χ0v) is 12.1. The van der Waals surface area contributed by atoms with Gasteiger partial charge in [-0.1, -0.05) is 15.9 Å². The molecule has 2 aliphatic rings. The van der Waals surface area contributed by atoms with Gasteiger partial charge in [0.05, 0.1) is 0 Å². The summed E-state index contributed by atoms with van der Waals surface area (Å²) in [6.07, 6.45) is 6.73. The van der Waals surface area contributed by atoms with Crippen molar-refractivity contribution in [2.75, 3.05) is 31.5 Å². The summed E-state index contributed by atoms with van der Waals surface area (Å²) >= 11 is 3.41. The van der Waals surface area contributed by atoms with Crippen LogP contribution in [0.15, 0.2) is 0 Å². The number of hydrogen-bond donors (Lipinski definition) is 0. The van der Waals surface area contributed by atoms with Crippen molar-refractivity contribution in [1.82, 2.24) is 9.80 Å². The molecule has 1 atom stereocenters. The lowest BCUT2D eigenvalue weighted by Crippen LogP contribution is -2.37. The Morgan fingerprint density at radius 3 is 2.65 bits per heavy atom. The van der Waals surface area contributed by atoms with Gasteiger partial charge in [0.25, 0.3) is 0 Å². The number of hydrogen-bond acceptors (Lipinski definition) is 2. The maximum Gasteiger partial charge on any atom is 0.222 e. The van der Waals surface area contributed by atoms with Gasteiger partial charge in [-0.2, -0.15) is 0 Å². The summed E-state index contributed by atoms with van der Waals surface area (Å²) in [6.45, 7) is 4.45. The van der Waals surface area contributed by atoms with Gasteiger partial charge in [0, 0.05) is 30.9 Å². The van der Waals surface area contributed by atoms with Crippen LogP contribution in [0.1, 0.15) is 38.5 Å². The molecular weight excluding hydrogens is 280 g/mol. The van der Waals surface area contributed by atoms with Crippen molar-refractivity contribution in [3.05, 3.63) is 0 Å². The summed E-state index contributed by atoms with van der Waals surface area (Å²) in [5, 5.41) is 1.01. The number of carbonyl (C=O) groups is 1. The highest BCUT2D eigenvalue weighted by Crippen LogP contribution is 2.21. The third-order valence-electron chi connectivity index (χ3n) is 3.95. The fourth-order valence-electron chi connectivity index (χ4n) is 2.90. The monoisotopic (exact) mass is 302 g/mol. The molecule has 98 valence electrons. The molecule has 0 saturated carbocycles. The van der Waals surface area contributed by atoms with Crippen LogP contribution in [0.2, 0.25) is 0 Å². The standard InChI is InChI=1S/C13H23BrN2O/c14-7-2-1-5-13(17)16-10-6-12(11-16)15-8-3-4-9-15/h12H,1-11H2. The van der Waals surface area contributed by atoms with Crippen LogP contribution in [0.5, 0.6) is 0 Å². The normalized spacial score (nSPS) is 25.7. The number of halogens is 1. The Labute approximate surface area is 113 Å². The average Bonchev–Trinajstić information content (AvgIpc) is 3.00. The molecule has 0 spiro atoms. The molecule has 17 heavy (non-hydrogen) atoms. The molecule has 2 fully saturated rings. The minimum atomic E-state index is 0.368. The molecule has 0 aromatic rings. The van der Waals surface area contributed by atoms with Gasteiger partial charge >= 0.3 is 0 Å². The van der Waals surface area contributed by atoms with Crippen LogP contribution in [-0.4, -0.2) is 53.3 Å². The minimum absolute atomic E-state index is 0.368. The SMILES string of the molecule is O=C(CCCCBr)N1CCC(N2CCCC2)C1. The summed E-state index contributed by atoms with van der Waals surface area (Å²) in [7, 11) is 0. The van der Waals surface area contributed by atoms with Crippen LogP contribution >= 0.6 is 15.9 Å². The molecule has 0 aromatic carbocycles. The van der Waals surface area contributed by atoms with Crippen LogP contribution in [-0.2, 0) is 4.79 Å². The number of alkyl halides is 1. The van der Waals surface area contributed by atoms with E-state index in [2.05, 4.69) is 25.7 Å². The van der Waals surface area contributed by atoms with Crippen molar-refractivity contribution in [2.24, 2.45) is 0 Å². The summed E-state index contributed by atoms with van der Waals surface area (Å²) in [5.41, 5.74) is 0. The Kier molecular flexibility index (Phi) is 5.29. The molecule has 4 heteroatoms. The second-order valence-corrected chi connectivity index (χ2v) is 5.96. The van der Waals surface area contributed by atoms with Gasteiger partial charge in [0.2, 0.25) is 5.91 Å². The molecule has 0 aliphatic carbocycles. The first kappa shape index (κ1) is 13.3. The lowest BCUT2D eigenvalue weighted by molar-refractivity contribution is -0.130. The van der Waals surface area contributed by atoms with Crippen LogP contribution in [0.4, 0.5) is 0 Å². The van der Waals surface area contributed by atoms with Crippen LogP contribution in [0.25, 0.3) is 0 Å². The van der Waals surface area contributed by atoms with Crippen molar-refractivity contribution in [1.29, 1.82) is 0 Å². The first-order chi connectivity index (χ1) is 8.31. The quantitative estimate of drug-likeness (QED) is 0.574. The Morgan fingerprint density at radius 2 is 1.94 bits per heavy atom. The highest BCUT2D eigenvalue weighted by Gasteiger charge is 2.30. The maximum atomic E-state index is 12.0. The number of likely N-dealkylation sites (tertiary alicyclic amines) is 2. The molecule has 2 heterocycles. The van der Waals surface area contributed by atoms with Gasteiger partial charge in [-0.05, 0) is 45.2 Å². The van der Waals surface area contributed by atoms with E-state index in [1.807, 2.05) is 0 Å². The summed E-state index contributed by atoms with van der Waals surface area (Å²) in [5.74, 6) is 0.368. The third kappa shape index (κ3) is 3.68. The first-order valence-corrected chi connectivity index (χ1v) is 8.01. The average molecular weight is 303 g/mol. The van der Waals surface area contributed by atoms with E-state index in [9.17, 15) is 4.79 Å². The van der Waals surface area contributed by atoms with E-state index in [-0.39, 0.29) is 0 Å². The fourth-order valence-corrected chi connectivity index (χ4v) is 3.30. The summed E-state index contributed by atoms with van der Waals surface area (Å²) < 4.78 is 0. The first-order valence-electron chi connectivity index (χ1n) is 6.89. The van der Waals surface area contributed by atoms with E-state index in [4.69, 9.17) is 0 Å². The Morgan fingerprint density at radius 1 is 1.18 bits per heavy atom. The minimum Gasteiger partial charge on any atom is -0.341 e. The topological polar surface area (TPSA) is 23.6 Å². The molecular formula is C13H23BrN2O. The molecule has 0 aromatic heterocycles. The van der Waals surface area contributed by atoms with Crippen LogP contribution in [0, 0.1) is 0 Å². The second kappa shape index (κ2) is 6.74. The number of unbranched alkanes of at least 4 members (excludes halogenated alkanes) is 1. The molecule has 2 rings (SSSR count). The van der Waals surface area contributed by atoms with Crippen LogP contribution in [0.3, 0.4) is 0 Å². The molecule has 0 N–H and O–H groups in total. The number of carbonyl (C=O) groups excluding carboxylic acids is 1. The van der Waals surface area contributed by atoms with E-state index >= 15 is 0 Å². The van der Waals surface area contributed by atoms with Crippen molar-refractivity contribution in [2.45, 2.75) is 44.6 Å². The molecule has 0 radical (unpaired) electrons. The van der Waals surface area contributed by atoms with E-state index < -0.39 is 0 Å². The molecule has 0 bridgehead atoms. The number of amides is 1. The van der Waals surface area contributed by atoms with Gasteiger partial charge in [-0.25, -0.2) is 0 Å². The highest BCUT2D eigenvalue weighted by molar-refractivity contribution is 9.09. The van der Waals surface area contributed by atoms with Crippen molar-refractivity contribution in [3.8, 4) is 0 Å². The second-order valence-electron chi connectivity index (χ2n) is 5.17. The largest absolute Gasteiger partial charge is 0.341 e. The van der Waals surface area contributed by atoms with Gasteiger partial charge in [-0.3, -0.25) is 9.69 Å². The zero-order chi connectivity index (χ0) is 12.1. The molecule has 2 aliphatic heterocycles. The Bertz CT molecular complexity index is 254. The van der Waals surface area contributed by atoms with Crippen molar-refractivity contribution < 1.29 is 4.79 Å². The third-order valence-corrected chi connectivity index (χ3v) is 4.51. The lowest BCUT2D eigenvalue weighted by atomic mass is 10.2. The maximum absolute atomic E-state index is 12.0. The highest BCUT2D eigenvalue weighted by atomic mass is 79.9. The number of nitrogens with zero attached hydrogens (tertiary/aromatic N) is 2. The van der Waals surface area contributed by atoms with E-state index in [0.29, 0.717) is 11.9 Å². The van der Waals surface area contributed by atoms with Gasteiger partial charge < -0.3 is 4.90 Å². The van der Waals surface area contributed by atoms with Crippen molar-refractivity contribution >= 4 is 21.8 Å². The van der Waals surface area contributed by atoms with E-state index in [1.54, 1.807) is 0 Å². The van der Waals surface area contributed by atoms with Gasteiger partial charge in [0.1, 0.15) is 0 Å². The Balaban J connectivity index is 1.71. The molecule has 2 saturated heterocycles. The van der Waals surface area contributed by atoms with Crippen molar-refractivity contribution in [3.63, 3.8) is 0 Å². The smallest absolute Gasteiger partial charge is 0.222 e. The zero-order valence-electron chi connectivity index (χ0n) is 10.5. The predicted octanol–water partition coefficient (Wildman–Crippen LogP) is 2.25. The Hall–Kier alpha value is -0.0900. The van der Waals surface area contributed by atoms with E-state index in [1.165, 1.54) is 32.4 Å². The predicted molar refractivity (Wildman–Crippen MR) is 73.4 cm³/mol. The molecule has 3 nitrogen and oxygen atoms in total. The summed E-state index contributed by atoms with van der Waals surface area (Å²) in [6, 6.07) is 0.651. The van der Waals surface area contributed by atoms with Gasteiger partial charge in [0.15, 0.2) is 0 Å². The molecule has 1 unspecified atom stereocenters. The fraction of sp³-hybridized carbons (Fsp3) is 0.923. The van der Waals surface area contributed by atoms with E-state index in [0.717, 1.165) is 37.7 Å². The lowest BCUT2D eigenvalue weighted by Gasteiger charge is -2.23. The molecule has 1 amide bonds. The van der Waals surface area contributed by atoms with Crippen LogP contribution < -0.4 is 0 Å².